The Morgan fingerprint density at radius 3 is 2.44 bits per heavy atom. The van der Waals surface area contributed by atoms with E-state index in [9.17, 15) is 10.1 Å². The summed E-state index contributed by atoms with van der Waals surface area (Å²) in [6, 6.07) is 22.5. The maximum absolute atomic E-state index is 13.1. The largest absolute Gasteiger partial charge is 0.491 e. The molecule has 2 aliphatic carbocycles. The van der Waals surface area contributed by atoms with Gasteiger partial charge in [-0.05, 0) is 84.4 Å². The van der Waals surface area contributed by atoms with E-state index in [0.717, 1.165) is 47.3 Å². The van der Waals surface area contributed by atoms with Gasteiger partial charge >= 0.3 is 0 Å². The van der Waals surface area contributed by atoms with Gasteiger partial charge in [-0.3, -0.25) is 4.79 Å². The van der Waals surface area contributed by atoms with Crippen LogP contribution in [0.4, 0.5) is 5.69 Å². The van der Waals surface area contributed by atoms with Gasteiger partial charge in [-0.25, -0.2) is 0 Å². The van der Waals surface area contributed by atoms with Crippen LogP contribution in [0, 0.1) is 11.3 Å². The molecule has 34 heavy (non-hydrogen) atoms. The Morgan fingerprint density at radius 2 is 1.76 bits per heavy atom. The molecular formula is C30H30N2O2. The number of nitrogens with one attached hydrogen (secondary N) is 1. The molecule has 0 bridgehead atoms. The van der Waals surface area contributed by atoms with E-state index < -0.39 is 0 Å². The topological polar surface area (TPSA) is 62.1 Å². The molecule has 0 aliphatic heterocycles. The van der Waals surface area contributed by atoms with Gasteiger partial charge in [-0.2, -0.15) is 5.26 Å². The molecule has 0 heterocycles. The van der Waals surface area contributed by atoms with Crippen molar-refractivity contribution in [2.75, 3.05) is 11.9 Å². The molecule has 1 amide bonds. The second-order valence-electron chi connectivity index (χ2n) is 9.46. The Labute approximate surface area is 201 Å². The minimum Gasteiger partial charge on any atom is -0.491 e. The Bertz CT molecular complexity index is 1230. The fraction of sp³-hybridized carbons (Fsp3) is 0.333. The van der Waals surface area contributed by atoms with Crippen molar-refractivity contribution in [3.63, 3.8) is 0 Å². The summed E-state index contributed by atoms with van der Waals surface area (Å²) >= 11 is 0. The number of carbonyl (C=O) groups is 1. The zero-order valence-electron chi connectivity index (χ0n) is 19.6. The van der Waals surface area contributed by atoms with Gasteiger partial charge in [0.15, 0.2) is 0 Å². The van der Waals surface area contributed by atoms with Crippen LogP contribution < -0.4 is 10.1 Å². The lowest BCUT2D eigenvalue weighted by Crippen LogP contribution is -2.16. The number of hydrogen-bond donors (Lipinski definition) is 1. The highest BCUT2D eigenvalue weighted by Crippen LogP contribution is 2.49. The molecule has 2 fully saturated rings. The molecule has 0 saturated heterocycles. The van der Waals surface area contributed by atoms with Crippen LogP contribution in [0.5, 0.6) is 5.75 Å². The molecule has 0 radical (unpaired) electrons. The molecule has 1 N–H and O–H groups in total. The van der Waals surface area contributed by atoms with Crippen LogP contribution in [0.2, 0.25) is 0 Å². The van der Waals surface area contributed by atoms with Gasteiger partial charge in [0.1, 0.15) is 5.75 Å². The lowest BCUT2D eigenvalue weighted by atomic mass is 9.95. The molecule has 0 unspecified atom stereocenters. The zero-order valence-corrected chi connectivity index (χ0v) is 19.6. The molecule has 0 spiro atoms. The first-order valence-corrected chi connectivity index (χ1v) is 12.3. The van der Waals surface area contributed by atoms with Crippen LogP contribution in [0.1, 0.15) is 73.1 Å². The van der Waals surface area contributed by atoms with E-state index in [1.165, 1.54) is 18.4 Å². The standard InChI is InChI=1S/C30H30N2O2/c1-2-15-34-30-27(23-13-14-23)17-25(26-6-4-3-5-24(26)19-31)18-28(30)32-29(33)16-20-7-9-21(10-8-20)22-11-12-22/h3-10,17-18,22-23H,2,11-16H2,1H3,(H,32,33). The molecule has 172 valence electrons. The average molecular weight is 451 g/mol. The first kappa shape index (κ1) is 22.2. The van der Waals surface area contributed by atoms with Crippen molar-refractivity contribution >= 4 is 11.6 Å². The average Bonchev–Trinajstić information content (AvgIpc) is 3.77. The molecule has 0 aromatic heterocycles. The van der Waals surface area contributed by atoms with Crippen molar-refractivity contribution in [3.05, 3.63) is 82.9 Å². The summed E-state index contributed by atoms with van der Waals surface area (Å²) in [4.78, 5) is 13.1. The number of hydrogen-bond acceptors (Lipinski definition) is 3. The second-order valence-corrected chi connectivity index (χ2v) is 9.46. The summed E-state index contributed by atoms with van der Waals surface area (Å²) in [6.45, 7) is 2.68. The van der Waals surface area contributed by atoms with E-state index in [2.05, 4.69) is 48.6 Å². The normalized spacial score (nSPS) is 14.9. The first-order valence-electron chi connectivity index (χ1n) is 12.3. The van der Waals surface area contributed by atoms with Crippen LogP contribution in [0.25, 0.3) is 11.1 Å². The monoisotopic (exact) mass is 450 g/mol. The Morgan fingerprint density at radius 1 is 1.03 bits per heavy atom. The van der Waals surface area contributed by atoms with Gasteiger partial charge in [-0.15, -0.1) is 0 Å². The number of rotatable bonds is 9. The third kappa shape index (κ3) is 4.99. The van der Waals surface area contributed by atoms with E-state index in [1.807, 2.05) is 30.3 Å². The van der Waals surface area contributed by atoms with E-state index in [1.54, 1.807) is 0 Å². The van der Waals surface area contributed by atoms with Gasteiger partial charge in [0.2, 0.25) is 5.91 Å². The van der Waals surface area contributed by atoms with E-state index in [4.69, 9.17) is 4.74 Å². The predicted molar refractivity (Wildman–Crippen MR) is 135 cm³/mol. The molecule has 4 nitrogen and oxygen atoms in total. The van der Waals surface area contributed by atoms with Gasteiger partial charge in [0.25, 0.3) is 0 Å². The SMILES string of the molecule is CCCOc1c(NC(=O)Cc2ccc(C3CC3)cc2)cc(-c2ccccc2C#N)cc1C1CC1. The maximum atomic E-state index is 13.1. The highest BCUT2D eigenvalue weighted by molar-refractivity contribution is 5.95. The quantitative estimate of drug-likeness (QED) is 0.384. The minimum atomic E-state index is -0.0621. The van der Waals surface area contributed by atoms with Crippen molar-refractivity contribution < 1.29 is 9.53 Å². The summed E-state index contributed by atoms with van der Waals surface area (Å²) in [5, 5.41) is 12.8. The number of amides is 1. The highest BCUT2D eigenvalue weighted by atomic mass is 16.5. The van der Waals surface area contributed by atoms with Crippen LogP contribution in [-0.2, 0) is 11.2 Å². The number of anilines is 1. The Hall–Kier alpha value is -3.58. The second kappa shape index (κ2) is 9.73. The highest BCUT2D eigenvalue weighted by Gasteiger charge is 2.30. The molecule has 5 rings (SSSR count). The van der Waals surface area contributed by atoms with Crippen LogP contribution in [0.15, 0.2) is 60.7 Å². The van der Waals surface area contributed by atoms with Gasteiger partial charge < -0.3 is 10.1 Å². The van der Waals surface area contributed by atoms with Crippen LogP contribution in [0.3, 0.4) is 0 Å². The zero-order chi connectivity index (χ0) is 23.5. The molecular weight excluding hydrogens is 420 g/mol. The number of nitriles is 1. The molecule has 3 aromatic rings. The lowest BCUT2D eigenvalue weighted by molar-refractivity contribution is -0.115. The van der Waals surface area contributed by atoms with E-state index >= 15 is 0 Å². The molecule has 0 atom stereocenters. The third-order valence-electron chi connectivity index (χ3n) is 6.61. The van der Waals surface area contributed by atoms with E-state index in [0.29, 0.717) is 36.1 Å². The summed E-state index contributed by atoms with van der Waals surface area (Å²) in [7, 11) is 0. The fourth-order valence-electron chi connectivity index (χ4n) is 4.50. The first-order chi connectivity index (χ1) is 16.7. The third-order valence-corrected chi connectivity index (χ3v) is 6.61. The summed E-state index contributed by atoms with van der Waals surface area (Å²) in [5.74, 6) is 1.86. The van der Waals surface area contributed by atoms with Crippen LogP contribution in [-0.4, -0.2) is 12.5 Å². The minimum absolute atomic E-state index is 0.0621. The van der Waals surface area contributed by atoms with Crippen molar-refractivity contribution in [1.82, 2.24) is 0 Å². The van der Waals surface area contributed by atoms with Gasteiger partial charge in [0.05, 0.1) is 30.3 Å². The molecule has 2 aliphatic rings. The number of benzene rings is 3. The Kier molecular flexibility index (Phi) is 6.36. The summed E-state index contributed by atoms with van der Waals surface area (Å²) in [6.07, 6.45) is 5.99. The van der Waals surface area contributed by atoms with Crippen molar-refractivity contribution in [2.24, 2.45) is 0 Å². The van der Waals surface area contributed by atoms with Gasteiger partial charge in [0, 0.05) is 5.56 Å². The smallest absolute Gasteiger partial charge is 0.228 e. The summed E-state index contributed by atoms with van der Waals surface area (Å²) < 4.78 is 6.19. The van der Waals surface area contributed by atoms with Crippen molar-refractivity contribution in [1.29, 1.82) is 5.26 Å². The number of ether oxygens (including phenoxy) is 1. The molecule has 3 aromatic carbocycles. The van der Waals surface area contributed by atoms with Crippen LogP contribution >= 0.6 is 0 Å². The Balaban J connectivity index is 1.46. The summed E-state index contributed by atoms with van der Waals surface area (Å²) in [5.41, 5.74) is 6.64. The predicted octanol–water partition coefficient (Wildman–Crippen LogP) is 6.95. The molecule has 2 saturated carbocycles. The molecule has 4 heteroatoms. The number of nitrogens with zero attached hydrogens (tertiary/aromatic N) is 1. The van der Waals surface area contributed by atoms with Crippen molar-refractivity contribution in [2.45, 2.75) is 57.3 Å². The van der Waals surface area contributed by atoms with Crippen molar-refractivity contribution in [3.8, 4) is 22.9 Å². The fourth-order valence-corrected chi connectivity index (χ4v) is 4.50. The van der Waals surface area contributed by atoms with Gasteiger partial charge in [-0.1, -0.05) is 49.4 Å². The van der Waals surface area contributed by atoms with E-state index in [-0.39, 0.29) is 5.91 Å². The lowest BCUT2D eigenvalue weighted by Gasteiger charge is -2.19. The number of carbonyl (C=O) groups excluding carboxylic acids is 1. The maximum Gasteiger partial charge on any atom is 0.228 e.